The second-order valence-corrected chi connectivity index (χ2v) is 5.43. The van der Waals surface area contributed by atoms with Crippen molar-refractivity contribution in [3.8, 4) is 0 Å². The molecule has 1 saturated heterocycles. The van der Waals surface area contributed by atoms with Gasteiger partial charge in [0.05, 0.1) is 17.1 Å². The van der Waals surface area contributed by atoms with Gasteiger partial charge in [0.2, 0.25) is 0 Å². The minimum Gasteiger partial charge on any atom is -0.361 e. The lowest BCUT2D eigenvalue weighted by molar-refractivity contribution is -0.160. The summed E-state index contributed by atoms with van der Waals surface area (Å²) in [5.74, 6) is 0.233. The summed E-state index contributed by atoms with van der Waals surface area (Å²) in [6.07, 6.45) is 3.91. The number of halogens is 1. The molecule has 0 unspecified atom stereocenters. The van der Waals surface area contributed by atoms with Gasteiger partial charge in [-0.15, -0.1) is 0 Å². The van der Waals surface area contributed by atoms with Gasteiger partial charge in [-0.1, -0.05) is 28.1 Å². The van der Waals surface area contributed by atoms with Gasteiger partial charge in [0.15, 0.2) is 5.78 Å². The molecule has 0 aromatic rings. The fraction of sp³-hybridized carbons (Fsp3) is 0.700. The number of Topliss-reactive ketones (excluding diaryl/α,β-unsaturated/α-hetero) is 1. The summed E-state index contributed by atoms with van der Waals surface area (Å²) < 4.78 is 5.80. The Morgan fingerprint density at radius 3 is 2.69 bits per heavy atom. The van der Waals surface area contributed by atoms with Crippen LogP contribution in [-0.2, 0) is 9.53 Å². The first-order valence-electron chi connectivity index (χ1n) is 4.44. The van der Waals surface area contributed by atoms with Crippen LogP contribution in [0.15, 0.2) is 12.2 Å². The van der Waals surface area contributed by atoms with Crippen molar-refractivity contribution in [1.82, 2.24) is 0 Å². The molecule has 3 heteroatoms. The Bertz CT molecular complexity index is 295. The van der Waals surface area contributed by atoms with Gasteiger partial charge in [-0.25, -0.2) is 0 Å². The third-order valence-corrected chi connectivity index (χ3v) is 4.32. The van der Waals surface area contributed by atoms with Crippen LogP contribution in [-0.4, -0.2) is 22.3 Å². The van der Waals surface area contributed by atoms with Crippen molar-refractivity contribution >= 4 is 21.7 Å². The summed E-state index contributed by atoms with van der Waals surface area (Å²) in [6.45, 7) is 5.85. The van der Waals surface area contributed by atoms with Crippen LogP contribution in [0.5, 0.6) is 0 Å². The minimum atomic E-state index is -0.440. The molecule has 0 aromatic carbocycles. The van der Waals surface area contributed by atoms with E-state index in [1.807, 2.05) is 32.9 Å². The highest BCUT2D eigenvalue weighted by Gasteiger charge is 2.57. The predicted molar refractivity (Wildman–Crippen MR) is 53.9 cm³/mol. The van der Waals surface area contributed by atoms with Gasteiger partial charge in [-0.2, -0.15) is 0 Å². The third-order valence-electron chi connectivity index (χ3n) is 3.38. The van der Waals surface area contributed by atoms with Crippen molar-refractivity contribution < 1.29 is 9.53 Å². The standard InChI is InChI=1S/C10H13BrO2/c1-9(2)8(12)7(11)6-4-5-10(9,3)13-6/h4-7H,1-3H3/t6-,7-,10+/m1/s1. The number of fused-ring (bicyclic) bond motifs is 2. The van der Waals surface area contributed by atoms with E-state index in [-0.39, 0.29) is 16.7 Å². The average molecular weight is 245 g/mol. The Labute approximate surface area is 86.5 Å². The van der Waals surface area contributed by atoms with Crippen LogP contribution in [0.2, 0.25) is 0 Å². The molecule has 0 N–H and O–H groups in total. The number of hydrogen-bond donors (Lipinski definition) is 0. The molecule has 13 heavy (non-hydrogen) atoms. The van der Waals surface area contributed by atoms with Gasteiger partial charge >= 0.3 is 0 Å². The summed E-state index contributed by atoms with van der Waals surface area (Å²) in [7, 11) is 0. The topological polar surface area (TPSA) is 26.3 Å². The van der Waals surface area contributed by atoms with Crippen LogP contribution in [0.3, 0.4) is 0 Å². The molecule has 2 heterocycles. The van der Waals surface area contributed by atoms with E-state index in [1.165, 1.54) is 0 Å². The number of alkyl halides is 1. The number of carbonyl (C=O) groups excluding carboxylic acids is 1. The van der Waals surface area contributed by atoms with Crippen molar-refractivity contribution in [3.63, 3.8) is 0 Å². The summed E-state index contributed by atoms with van der Waals surface area (Å²) in [5.41, 5.74) is -0.857. The first-order valence-corrected chi connectivity index (χ1v) is 5.36. The number of ketones is 1. The van der Waals surface area contributed by atoms with Crippen molar-refractivity contribution in [2.24, 2.45) is 5.41 Å². The molecular weight excluding hydrogens is 232 g/mol. The number of ether oxygens (including phenoxy) is 1. The van der Waals surface area contributed by atoms with Crippen LogP contribution in [0.4, 0.5) is 0 Å². The highest BCUT2D eigenvalue weighted by atomic mass is 79.9. The van der Waals surface area contributed by atoms with Crippen LogP contribution in [0.25, 0.3) is 0 Å². The normalized spacial score (nSPS) is 46.9. The van der Waals surface area contributed by atoms with Crippen LogP contribution in [0, 0.1) is 5.41 Å². The molecule has 2 aliphatic heterocycles. The van der Waals surface area contributed by atoms with E-state index in [9.17, 15) is 4.79 Å². The van der Waals surface area contributed by atoms with Crippen LogP contribution in [0.1, 0.15) is 20.8 Å². The van der Waals surface area contributed by atoms with E-state index >= 15 is 0 Å². The maximum absolute atomic E-state index is 11.9. The van der Waals surface area contributed by atoms with E-state index in [0.29, 0.717) is 0 Å². The van der Waals surface area contributed by atoms with E-state index in [4.69, 9.17) is 4.74 Å². The summed E-state index contributed by atoms with van der Waals surface area (Å²) in [4.78, 5) is 11.8. The fourth-order valence-corrected chi connectivity index (χ4v) is 2.75. The smallest absolute Gasteiger partial charge is 0.158 e. The summed E-state index contributed by atoms with van der Waals surface area (Å²) >= 11 is 3.38. The van der Waals surface area contributed by atoms with E-state index in [2.05, 4.69) is 15.9 Å². The second-order valence-electron chi connectivity index (χ2n) is 4.44. The molecule has 72 valence electrons. The highest BCUT2D eigenvalue weighted by Crippen LogP contribution is 2.48. The lowest BCUT2D eigenvalue weighted by Crippen LogP contribution is -2.56. The number of hydrogen-bond acceptors (Lipinski definition) is 2. The molecule has 2 nitrogen and oxygen atoms in total. The van der Waals surface area contributed by atoms with Gasteiger partial charge < -0.3 is 4.74 Å². The number of carbonyl (C=O) groups is 1. The quantitative estimate of drug-likeness (QED) is 0.482. The molecule has 0 radical (unpaired) electrons. The molecule has 3 atom stereocenters. The Morgan fingerprint density at radius 2 is 2.08 bits per heavy atom. The van der Waals surface area contributed by atoms with Gasteiger partial charge in [-0.3, -0.25) is 4.79 Å². The zero-order valence-corrected chi connectivity index (χ0v) is 9.59. The van der Waals surface area contributed by atoms with E-state index in [0.717, 1.165) is 0 Å². The van der Waals surface area contributed by atoms with E-state index < -0.39 is 11.0 Å². The second kappa shape index (κ2) is 2.45. The molecule has 1 fully saturated rings. The Kier molecular flexibility index (Phi) is 1.77. The van der Waals surface area contributed by atoms with Crippen molar-refractivity contribution in [2.75, 3.05) is 0 Å². The molecule has 0 aliphatic carbocycles. The van der Waals surface area contributed by atoms with Gasteiger partial charge in [0.25, 0.3) is 0 Å². The third kappa shape index (κ3) is 1.00. The van der Waals surface area contributed by atoms with Crippen molar-refractivity contribution in [1.29, 1.82) is 0 Å². The Balaban J connectivity index is 2.48. The van der Waals surface area contributed by atoms with Crippen molar-refractivity contribution in [2.45, 2.75) is 37.3 Å². The molecule has 2 aliphatic rings. The maximum atomic E-state index is 11.9. The van der Waals surface area contributed by atoms with Crippen molar-refractivity contribution in [3.05, 3.63) is 12.2 Å². The highest BCUT2D eigenvalue weighted by molar-refractivity contribution is 9.10. The number of rotatable bonds is 0. The van der Waals surface area contributed by atoms with Crippen LogP contribution >= 0.6 is 15.9 Å². The first-order chi connectivity index (χ1) is 5.88. The van der Waals surface area contributed by atoms with Crippen LogP contribution < -0.4 is 0 Å². The van der Waals surface area contributed by atoms with Gasteiger partial charge in [0, 0.05) is 0 Å². The zero-order chi connectivity index (χ0) is 9.85. The predicted octanol–water partition coefficient (Wildman–Crippen LogP) is 2.07. The maximum Gasteiger partial charge on any atom is 0.158 e. The molecule has 0 saturated carbocycles. The monoisotopic (exact) mass is 244 g/mol. The summed E-state index contributed by atoms with van der Waals surface area (Å²) in [5, 5.41) is 0. The van der Waals surface area contributed by atoms with E-state index in [1.54, 1.807) is 0 Å². The molecule has 2 bridgehead atoms. The molecule has 0 amide bonds. The average Bonchev–Trinajstić information content (AvgIpc) is 2.43. The minimum absolute atomic E-state index is 0.0782. The SMILES string of the molecule is CC1(C)C(=O)[C@H](Br)[C@H]2C=C[C@]1(C)O2. The molecule has 0 aromatic heterocycles. The van der Waals surface area contributed by atoms with Gasteiger partial charge in [-0.05, 0) is 20.8 Å². The zero-order valence-electron chi connectivity index (χ0n) is 8.00. The largest absolute Gasteiger partial charge is 0.361 e. The Morgan fingerprint density at radius 1 is 1.46 bits per heavy atom. The lowest BCUT2D eigenvalue weighted by atomic mass is 9.71. The first kappa shape index (κ1) is 9.41. The Hall–Kier alpha value is -0.150. The summed E-state index contributed by atoms with van der Waals surface area (Å²) in [6, 6.07) is 0. The molecule has 0 spiro atoms. The van der Waals surface area contributed by atoms with Gasteiger partial charge in [0.1, 0.15) is 4.83 Å². The lowest BCUT2D eigenvalue weighted by Gasteiger charge is -2.45. The molecular formula is C10H13BrO2. The fourth-order valence-electron chi connectivity index (χ4n) is 1.89. The molecule has 2 rings (SSSR count).